The Bertz CT molecular complexity index is 579. The van der Waals surface area contributed by atoms with Crippen LogP contribution in [0, 0.1) is 29.6 Å². The molecule has 1 aliphatic heterocycles. The Morgan fingerprint density at radius 3 is 1.39 bits per heavy atom. The fourth-order valence-electron chi connectivity index (χ4n) is 7.84. The van der Waals surface area contributed by atoms with E-state index in [1.807, 2.05) is 0 Å². The fourth-order valence-corrected chi connectivity index (χ4v) is 7.84. The van der Waals surface area contributed by atoms with E-state index in [9.17, 15) is 9.90 Å². The quantitative estimate of drug-likeness (QED) is 0.582. The van der Waals surface area contributed by atoms with Crippen LogP contribution < -0.4 is 0 Å². The minimum Gasteiger partial charge on any atom is -0.481 e. The second-order valence-corrected chi connectivity index (χ2v) is 12.5. The molecule has 3 unspecified atom stereocenters. The van der Waals surface area contributed by atoms with Crippen molar-refractivity contribution in [2.24, 2.45) is 29.6 Å². The van der Waals surface area contributed by atoms with Crippen LogP contribution >= 0.6 is 0 Å². The Kier molecular flexibility index (Phi) is 8.78. The van der Waals surface area contributed by atoms with E-state index in [2.05, 4.69) is 38.0 Å². The SMILES string of the molecule is CN(C)C1CCC(C2CC(C3CCC(C(=O)O)CC3)OC(C3CCC(N(C)C)CC3)C2)CC1. The first kappa shape index (κ1) is 25.4. The second kappa shape index (κ2) is 11.4. The highest BCUT2D eigenvalue weighted by Crippen LogP contribution is 2.46. The summed E-state index contributed by atoms with van der Waals surface area (Å²) in [5.74, 6) is 2.24. The smallest absolute Gasteiger partial charge is 0.306 e. The van der Waals surface area contributed by atoms with Gasteiger partial charge in [-0.15, -0.1) is 0 Å². The summed E-state index contributed by atoms with van der Waals surface area (Å²) in [6.07, 6.45) is 17.8. The topological polar surface area (TPSA) is 53.0 Å². The molecular weight excluding hydrogens is 412 g/mol. The zero-order valence-corrected chi connectivity index (χ0v) is 21.8. The molecule has 1 N–H and O–H groups in total. The summed E-state index contributed by atoms with van der Waals surface area (Å²) < 4.78 is 6.97. The highest BCUT2D eigenvalue weighted by Gasteiger charge is 2.43. The molecule has 0 radical (unpaired) electrons. The molecule has 5 nitrogen and oxygen atoms in total. The lowest BCUT2D eigenvalue weighted by Crippen LogP contribution is -2.46. The third-order valence-electron chi connectivity index (χ3n) is 10.2. The van der Waals surface area contributed by atoms with Crippen molar-refractivity contribution in [3.8, 4) is 0 Å². The Morgan fingerprint density at radius 2 is 1.00 bits per heavy atom. The Morgan fingerprint density at radius 1 is 0.606 bits per heavy atom. The van der Waals surface area contributed by atoms with Gasteiger partial charge in [0.2, 0.25) is 0 Å². The highest BCUT2D eigenvalue weighted by atomic mass is 16.5. The Hall–Kier alpha value is -0.650. The molecule has 3 atom stereocenters. The number of carboxylic acids is 1. The summed E-state index contributed by atoms with van der Waals surface area (Å²) in [6.45, 7) is 0. The van der Waals surface area contributed by atoms with Crippen LogP contribution in [0.3, 0.4) is 0 Å². The highest BCUT2D eigenvalue weighted by molar-refractivity contribution is 5.69. The molecule has 0 aromatic rings. The first-order chi connectivity index (χ1) is 15.8. The summed E-state index contributed by atoms with van der Waals surface area (Å²) in [4.78, 5) is 16.3. The lowest BCUT2D eigenvalue weighted by Gasteiger charge is -2.48. The van der Waals surface area contributed by atoms with E-state index in [-0.39, 0.29) is 5.92 Å². The van der Waals surface area contributed by atoms with Gasteiger partial charge in [0.1, 0.15) is 0 Å². The van der Waals surface area contributed by atoms with Crippen molar-refractivity contribution < 1.29 is 14.6 Å². The van der Waals surface area contributed by atoms with Crippen molar-refractivity contribution in [3.63, 3.8) is 0 Å². The van der Waals surface area contributed by atoms with Gasteiger partial charge in [-0.25, -0.2) is 0 Å². The van der Waals surface area contributed by atoms with Gasteiger partial charge in [0.05, 0.1) is 18.1 Å². The van der Waals surface area contributed by atoms with Gasteiger partial charge in [-0.3, -0.25) is 4.79 Å². The van der Waals surface area contributed by atoms with Crippen LogP contribution in [0.15, 0.2) is 0 Å². The summed E-state index contributed by atoms with van der Waals surface area (Å²) in [7, 11) is 8.93. The van der Waals surface area contributed by atoms with Gasteiger partial charge in [-0.05, 0) is 142 Å². The first-order valence-electron chi connectivity index (χ1n) is 14.0. The number of hydrogen-bond acceptors (Lipinski definition) is 4. The average Bonchev–Trinajstić information content (AvgIpc) is 2.84. The van der Waals surface area contributed by atoms with Crippen LogP contribution in [-0.4, -0.2) is 73.4 Å². The average molecular weight is 463 g/mol. The van der Waals surface area contributed by atoms with Gasteiger partial charge in [-0.2, -0.15) is 0 Å². The number of aliphatic carboxylic acids is 1. The Balaban J connectivity index is 1.40. The van der Waals surface area contributed by atoms with Crippen molar-refractivity contribution in [2.45, 2.75) is 114 Å². The Labute approximate surface area is 202 Å². The molecule has 4 rings (SSSR count). The second-order valence-electron chi connectivity index (χ2n) is 12.5. The molecule has 0 aromatic heterocycles. The summed E-state index contributed by atoms with van der Waals surface area (Å²) in [6, 6.07) is 1.50. The predicted molar refractivity (Wildman–Crippen MR) is 133 cm³/mol. The molecule has 33 heavy (non-hydrogen) atoms. The fraction of sp³-hybridized carbons (Fsp3) is 0.964. The number of carbonyl (C=O) groups is 1. The van der Waals surface area contributed by atoms with E-state index in [1.165, 1.54) is 64.2 Å². The summed E-state index contributed by atoms with van der Waals surface area (Å²) in [5, 5.41) is 9.44. The van der Waals surface area contributed by atoms with Crippen molar-refractivity contribution in [3.05, 3.63) is 0 Å². The third-order valence-corrected chi connectivity index (χ3v) is 10.2. The van der Waals surface area contributed by atoms with E-state index in [0.717, 1.165) is 55.5 Å². The predicted octanol–water partition coefficient (Wildman–Crippen LogP) is 5.28. The molecular formula is C28H50N2O3. The van der Waals surface area contributed by atoms with Crippen LogP contribution in [0.1, 0.15) is 89.9 Å². The van der Waals surface area contributed by atoms with Crippen molar-refractivity contribution in [2.75, 3.05) is 28.2 Å². The van der Waals surface area contributed by atoms with Crippen LogP contribution in [-0.2, 0) is 9.53 Å². The molecule has 3 aliphatic carbocycles. The van der Waals surface area contributed by atoms with E-state index in [4.69, 9.17) is 4.74 Å². The molecule has 190 valence electrons. The third kappa shape index (κ3) is 6.32. The van der Waals surface area contributed by atoms with Gasteiger partial charge in [-0.1, -0.05) is 0 Å². The molecule has 0 amide bonds. The number of rotatable bonds is 6. The number of ether oxygens (including phenoxy) is 1. The van der Waals surface area contributed by atoms with Crippen LogP contribution in [0.4, 0.5) is 0 Å². The van der Waals surface area contributed by atoms with E-state index < -0.39 is 5.97 Å². The van der Waals surface area contributed by atoms with Crippen molar-refractivity contribution >= 4 is 5.97 Å². The molecule has 1 saturated heterocycles. The standard InChI is InChI=1S/C28H50N2O3/c1-29(2)24-13-9-19(10-14-24)23-17-26(20-5-7-22(8-6-20)28(31)32)33-27(18-23)21-11-15-25(16-12-21)30(3)4/h19-27H,5-18H2,1-4H3,(H,31,32). The number of nitrogens with zero attached hydrogens (tertiary/aromatic N) is 2. The van der Waals surface area contributed by atoms with E-state index in [1.54, 1.807) is 0 Å². The lowest BCUT2D eigenvalue weighted by molar-refractivity contribution is -0.150. The molecule has 4 fully saturated rings. The van der Waals surface area contributed by atoms with Gasteiger partial charge in [0.25, 0.3) is 0 Å². The normalized spacial score (nSPS) is 43.0. The maximum Gasteiger partial charge on any atom is 0.306 e. The van der Waals surface area contributed by atoms with Gasteiger partial charge < -0.3 is 19.6 Å². The lowest BCUT2D eigenvalue weighted by atomic mass is 9.68. The maximum atomic E-state index is 11.5. The van der Waals surface area contributed by atoms with Crippen molar-refractivity contribution in [1.29, 1.82) is 0 Å². The minimum absolute atomic E-state index is 0.126. The van der Waals surface area contributed by atoms with Gasteiger partial charge in [0.15, 0.2) is 0 Å². The molecule has 3 saturated carbocycles. The largest absolute Gasteiger partial charge is 0.481 e. The van der Waals surface area contributed by atoms with Gasteiger partial charge >= 0.3 is 5.97 Å². The monoisotopic (exact) mass is 462 g/mol. The zero-order chi connectivity index (χ0) is 23.5. The minimum atomic E-state index is -0.593. The van der Waals surface area contributed by atoms with Gasteiger partial charge in [0, 0.05) is 12.1 Å². The first-order valence-corrected chi connectivity index (χ1v) is 14.0. The van der Waals surface area contributed by atoms with Crippen LogP contribution in [0.5, 0.6) is 0 Å². The molecule has 0 aromatic carbocycles. The number of hydrogen-bond donors (Lipinski definition) is 1. The molecule has 0 spiro atoms. The molecule has 1 heterocycles. The van der Waals surface area contributed by atoms with Crippen molar-refractivity contribution in [1.82, 2.24) is 9.80 Å². The molecule has 4 aliphatic rings. The van der Waals surface area contributed by atoms with E-state index >= 15 is 0 Å². The summed E-state index contributed by atoms with van der Waals surface area (Å²) in [5.41, 5.74) is 0. The number of carboxylic acid groups (broad SMARTS) is 1. The zero-order valence-electron chi connectivity index (χ0n) is 21.8. The molecule has 0 bridgehead atoms. The van der Waals surface area contributed by atoms with Crippen LogP contribution in [0.2, 0.25) is 0 Å². The summed E-state index contributed by atoms with van der Waals surface area (Å²) >= 11 is 0. The van der Waals surface area contributed by atoms with Crippen LogP contribution in [0.25, 0.3) is 0 Å². The van der Waals surface area contributed by atoms with E-state index in [0.29, 0.717) is 18.1 Å². The maximum absolute atomic E-state index is 11.5. The molecule has 5 heteroatoms.